The van der Waals surface area contributed by atoms with E-state index in [1.54, 1.807) is 48.5 Å². The average molecular weight is 350 g/mol. The lowest BCUT2D eigenvalue weighted by Crippen LogP contribution is -2.10. The molecule has 0 heterocycles. The van der Waals surface area contributed by atoms with Crippen LogP contribution in [0.2, 0.25) is 0 Å². The van der Waals surface area contributed by atoms with Crippen LogP contribution in [-0.4, -0.2) is 11.6 Å². The zero-order valence-corrected chi connectivity index (χ0v) is 14.1. The highest BCUT2D eigenvalue weighted by atomic mass is 19.2. The van der Waals surface area contributed by atoms with Crippen LogP contribution in [0.5, 0.6) is 0 Å². The molecule has 0 aromatic heterocycles. The molecule has 0 aliphatic rings. The van der Waals surface area contributed by atoms with E-state index in [9.17, 15) is 18.4 Å². The van der Waals surface area contributed by atoms with E-state index in [1.807, 2.05) is 0 Å². The Labute approximate surface area is 150 Å². The van der Waals surface area contributed by atoms with Gasteiger partial charge in [-0.2, -0.15) is 0 Å². The van der Waals surface area contributed by atoms with Gasteiger partial charge < -0.3 is 0 Å². The maximum atomic E-state index is 14.3. The molecule has 3 aromatic rings. The van der Waals surface area contributed by atoms with Crippen LogP contribution in [-0.2, 0) is 11.2 Å². The van der Waals surface area contributed by atoms with E-state index in [1.165, 1.54) is 19.1 Å². The largest absolute Gasteiger partial charge is 0.300 e. The second-order valence-corrected chi connectivity index (χ2v) is 6.01. The predicted octanol–water partition coefficient (Wildman–Crippen LogP) is 4.99. The highest BCUT2D eigenvalue weighted by molar-refractivity contribution is 6.11. The van der Waals surface area contributed by atoms with Gasteiger partial charge in [0.1, 0.15) is 5.78 Å². The minimum Gasteiger partial charge on any atom is -0.300 e. The van der Waals surface area contributed by atoms with E-state index in [2.05, 4.69) is 0 Å². The third kappa shape index (κ3) is 3.45. The SMILES string of the molecule is CC(=O)Cc1c(C(=O)c2ccccc2)cccc1-c1cccc(F)c1F. The normalized spacial score (nSPS) is 10.6. The summed E-state index contributed by atoms with van der Waals surface area (Å²) in [5.41, 5.74) is 1.56. The Balaban J connectivity index is 2.22. The molecule has 4 heteroatoms. The van der Waals surface area contributed by atoms with Gasteiger partial charge in [-0.1, -0.05) is 60.7 Å². The van der Waals surface area contributed by atoms with Gasteiger partial charge in [-0.3, -0.25) is 9.59 Å². The molecule has 0 radical (unpaired) electrons. The molecule has 0 fully saturated rings. The van der Waals surface area contributed by atoms with E-state index < -0.39 is 11.6 Å². The summed E-state index contributed by atoms with van der Waals surface area (Å²) in [6, 6.07) is 17.3. The topological polar surface area (TPSA) is 34.1 Å². The number of hydrogen-bond acceptors (Lipinski definition) is 2. The molecular formula is C22H16F2O2. The third-order valence-electron chi connectivity index (χ3n) is 4.12. The van der Waals surface area contributed by atoms with Crippen LogP contribution in [0.1, 0.15) is 28.4 Å². The zero-order valence-electron chi connectivity index (χ0n) is 14.1. The highest BCUT2D eigenvalue weighted by Crippen LogP contribution is 2.31. The van der Waals surface area contributed by atoms with Crippen LogP contribution >= 0.6 is 0 Å². The van der Waals surface area contributed by atoms with Gasteiger partial charge in [-0.15, -0.1) is 0 Å². The van der Waals surface area contributed by atoms with Gasteiger partial charge in [0.05, 0.1) is 0 Å². The second-order valence-electron chi connectivity index (χ2n) is 6.01. The Morgan fingerprint density at radius 2 is 1.46 bits per heavy atom. The van der Waals surface area contributed by atoms with Crippen LogP contribution in [0.3, 0.4) is 0 Å². The summed E-state index contributed by atoms with van der Waals surface area (Å²) in [7, 11) is 0. The fraction of sp³-hybridized carbons (Fsp3) is 0.0909. The first-order valence-electron chi connectivity index (χ1n) is 8.14. The van der Waals surface area contributed by atoms with Gasteiger partial charge in [0.15, 0.2) is 17.4 Å². The molecule has 0 unspecified atom stereocenters. The Hall–Kier alpha value is -3.14. The molecule has 0 amide bonds. The highest BCUT2D eigenvalue weighted by Gasteiger charge is 2.20. The quantitative estimate of drug-likeness (QED) is 0.607. The Bertz CT molecular complexity index is 979. The summed E-state index contributed by atoms with van der Waals surface area (Å²) in [5, 5.41) is 0. The summed E-state index contributed by atoms with van der Waals surface area (Å²) in [4.78, 5) is 24.7. The third-order valence-corrected chi connectivity index (χ3v) is 4.12. The molecule has 0 aliphatic heterocycles. The van der Waals surface area contributed by atoms with Crippen molar-refractivity contribution >= 4 is 11.6 Å². The maximum Gasteiger partial charge on any atom is 0.193 e. The second kappa shape index (κ2) is 7.40. The molecular weight excluding hydrogens is 334 g/mol. The molecule has 0 saturated heterocycles. The van der Waals surface area contributed by atoms with Crippen molar-refractivity contribution in [1.82, 2.24) is 0 Å². The summed E-state index contributed by atoms with van der Waals surface area (Å²) in [5.74, 6) is -2.41. The summed E-state index contributed by atoms with van der Waals surface area (Å²) in [6.07, 6.45) is -0.0416. The van der Waals surface area contributed by atoms with Crippen LogP contribution in [0, 0.1) is 11.6 Å². The van der Waals surface area contributed by atoms with E-state index in [0.717, 1.165) is 6.07 Å². The van der Waals surface area contributed by atoms with Gasteiger partial charge >= 0.3 is 0 Å². The fourth-order valence-electron chi connectivity index (χ4n) is 2.95. The molecule has 3 rings (SSSR count). The van der Waals surface area contributed by atoms with Crippen molar-refractivity contribution in [2.45, 2.75) is 13.3 Å². The molecule has 26 heavy (non-hydrogen) atoms. The van der Waals surface area contributed by atoms with Gasteiger partial charge in [0, 0.05) is 23.1 Å². The van der Waals surface area contributed by atoms with Gasteiger partial charge in [-0.25, -0.2) is 8.78 Å². The minimum absolute atomic E-state index is 0.0314. The number of halogens is 2. The molecule has 0 bridgehead atoms. The fourth-order valence-corrected chi connectivity index (χ4v) is 2.95. The maximum absolute atomic E-state index is 14.3. The van der Waals surface area contributed by atoms with E-state index in [0.29, 0.717) is 22.3 Å². The Morgan fingerprint density at radius 3 is 2.15 bits per heavy atom. The Kier molecular flexibility index (Phi) is 5.03. The van der Waals surface area contributed by atoms with Crippen molar-refractivity contribution in [1.29, 1.82) is 0 Å². The lowest BCUT2D eigenvalue weighted by molar-refractivity contribution is -0.116. The number of carbonyl (C=O) groups excluding carboxylic acids is 2. The Morgan fingerprint density at radius 1 is 0.808 bits per heavy atom. The van der Waals surface area contributed by atoms with Crippen LogP contribution in [0.25, 0.3) is 11.1 Å². The van der Waals surface area contributed by atoms with Gasteiger partial charge in [0.2, 0.25) is 0 Å². The van der Waals surface area contributed by atoms with Crippen molar-refractivity contribution in [3.8, 4) is 11.1 Å². The number of hydrogen-bond donors (Lipinski definition) is 0. The number of benzene rings is 3. The van der Waals surface area contributed by atoms with Crippen molar-refractivity contribution in [2.75, 3.05) is 0 Å². The summed E-state index contributed by atoms with van der Waals surface area (Å²) >= 11 is 0. The van der Waals surface area contributed by atoms with Crippen molar-refractivity contribution in [3.63, 3.8) is 0 Å². The molecule has 130 valence electrons. The molecule has 2 nitrogen and oxygen atoms in total. The number of ketones is 2. The van der Waals surface area contributed by atoms with E-state index in [-0.39, 0.29) is 23.6 Å². The molecule has 0 saturated carbocycles. The molecule has 0 atom stereocenters. The zero-order chi connectivity index (χ0) is 18.7. The number of rotatable bonds is 5. The number of Topliss-reactive ketones (excluding diaryl/α,β-unsaturated/α-hetero) is 1. The predicted molar refractivity (Wildman–Crippen MR) is 96.1 cm³/mol. The lowest BCUT2D eigenvalue weighted by Gasteiger charge is -2.14. The summed E-state index contributed by atoms with van der Waals surface area (Å²) < 4.78 is 28.0. The smallest absolute Gasteiger partial charge is 0.193 e. The van der Waals surface area contributed by atoms with Crippen molar-refractivity contribution in [2.24, 2.45) is 0 Å². The first-order chi connectivity index (χ1) is 12.5. The molecule has 0 aliphatic carbocycles. The first kappa shape index (κ1) is 17.7. The standard InChI is InChI=1S/C22H16F2O2/c1-14(25)13-19-16(17-10-6-12-20(23)21(17)24)9-5-11-18(19)22(26)15-7-3-2-4-8-15/h2-12H,13H2,1H3. The van der Waals surface area contributed by atoms with E-state index in [4.69, 9.17) is 0 Å². The molecule has 3 aromatic carbocycles. The molecule has 0 N–H and O–H groups in total. The average Bonchev–Trinajstić information content (AvgIpc) is 2.64. The van der Waals surface area contributed by atoms with Gasteiger partial charge in [-0.05, 0) is 24.1 Å². The van der Waals surface area contributed by atoms with Crippen molar-refractivity contribution < 1.29 is 18.4 Å². The van der Waals surface area contributed by atoms with Crippen LogP contribution in [0.15, 0.2) is 66.7 Å². The van der Waals surface area contributed by atoms with E-state index >= 15 is 0 Å². The minimum atomic E-state index is -0.999. The van der Waals surface area contributed by atoms with Crippen LogP contribution < -0.4 is 0 Å². The number of carbonyl (C=O) groups is 2. The monoisotopic (exact) mass is 350 g/mol. The van der Waals surface area contributed by atoms with Crippen LogP contribution in [0.4, 0.5) is 8.78 Å². The van der Waals surface area contributed by atoms with Gasteiger partial charge in [0.25, 0.3) is 0 Å². The molecule has 0 spiro atoms. The van der Waals surface area contributed by atoms with Crippen molar-refractivity contribution in [3.05, 3.63) is 95.1 Å². The summed E-state index contributed by atoms with van der Waals surface area (Å²) in [6.45, 7) is 1.40. The first-order valence-corrected chi connectivity index (χ1v) is 8.14. The lowest BCUT2D eigenvalue weighted by atomic mass is 9.88.